The van der Waals surface area contributed by atoms with E-state index in [1.807, 2.05) is 0 Å². The van der Waals surface area contributed by atoms with Crippen molar-refractivity contribution in [3.8, 4) is 11.5 Å². The molecular weight excluding hydrogens is 292 g/mol. The van der Waals surface area contributed by atoms with Gasteiger partial charge in [0.25, 0.3) is 0 Å². The van der Waals surface area contributed by atoms with Gasteiger partial charge in [-0.25, -0.2) is 4.79 Å². The molecule has 1 unspecified atom stereocenters. The zero-order valence-corrected chi connectivity index (χ0v) is 11.2. The smallest absolute Gasteiger partial charge is 0.337 e. The van der Waals surface area contributed by atoms with Gasteiger partial charge in [-0.15, -0.1) is 0 Å². The highest BCUT2D eigenvalue weighted by Gasteiger charge is 2.24. The van der Waals surface area contributed by atoms with Crippen LogP contribution in [0.2, 0.25) is 0 Å². The lowest BCUT2D eigenvalue weighted by atomic mass is 10.0. The number of carboxylic acid groups (broad SMARTS) is 1. The summed E-state index contributed by atoms with van der Waals surface area (Å²) in [7, 11) is 2.93. The number of methoxy groups -OCH3 is 2. The first-order chi connectivity index (χ1) is 7.93. The quantitative estimate of drug-likeness (QED) is 0.888. The average Bonchev–Trinajstić information content (AvgIpc) is 2.29. The van der Waals surface area contributed by atoms with E-state index in [0.29, 0.717) is 21.5 Å². The first-order valence-corrected chi connectivity index (χ1v) is 5.55. The Hall–Kier alpha value is -1.27. The number of halogens is 1. The highest BCUT2D eigenvalue weighted by molar-refractivity contribution is 9.10. The summed E-state index contributed by atoms with van der Waals surface area (Å²) in [6.45, 7) is 1.66. The molecule has 5 nitrogen and oxygen atoms in total. The molecule has 0 heterocycles. The number of carboxylic acids is 1. The monoisotopic (exact) mass is 304 g/mol. The van der Waals surface area contributed by atoms with Crippen LogP contribution in [0.15, 0.2) is 10.5 Å². The third-order valence-corrected chi connectivity index (χ3v) is 3.00. The van der Waals surface area contributed by atoms with Crippen LogP contribution < -0.4 is 9.47 Å². The van der Waals surface area contributed by atoms with Crippen molar-refractivity contribution in [1.82, 2.24) is 0 Å². The van der Waals surface area contributed by atoms with Gasteiger partial charge >= 0.3 is 5.97 Å². The van der Waals surface area contributed by atoms with Gasteiger partial charge in [0.1, 0.15) is 0 Å². The van der Waals surface area contributed by atoms with Gasteiger partial charge in [0.2, 0.25) is 0 Å². The van der Waals surface area contributed by atoms with Crippen LogP contribution >= 0.6 is 15.9 Å². The molecule has 2 N–H and O–H groups in total. The number of hydrogen-bond acceptors (Lipinski definition) is 4. The van der Waals surface area contributed by atoms with Crippen molar-refractivity contribution >= 4 is 21.9 Å². The Morgan fingerprint density at radius 2 is 1.88 bits per heavy atom. The van der Waals surface area contributed by atoms with Crippen LogP contribution in [0.4, 0.5) is 0 Å². The summed E-state index contributed by atoms with van der Waals surface area (Å²) in [6, 6.07) is 1.51. The summed E-state index contributed by atoms with van der Waals surface area (Å²) in [5.41, 5.74) is 0.796. The molecule has 6 heteroatoms. The van der Waals surface area contributed by atoms with Gasteiger partial charge < -0.3 is 19.7 Å². The molecule has 0 saturated heterocycles. The fourth-order valence-electron chi connectivity index (χ4n) is 1.57. The number of hydrogen-bond donors (Lipinski definition) is 2. The maximum atomic E-state index is 10.8. The Kier molecular flexibility index (Phi) is 4.36. The summed E-state index contributed by atoms with van der Waals surface area (Å²) >= 11 is 3.24. The van der Waals surface area contributed by atoms with E-state index in [0.717, 1.165) is 0 Å². The predicted molar refractivity (Wildman–Crippen MR) is 64.6 cm³/mol. The Balaban J connectivity index is 3.45. The lowest BCUT2D eigenvalue weighted by Crippen LogP contribution is -2.12. The molecule has 0 aliphatic rings. The Labute approximate surface area is 107 Å². The molecule has 0 saturated carbocycles. The summed E-state index contributed by atoms with van der Waals surface area (Å²) < 4.78 is 10.8. The largest absolute Gasteiger partial charge is 0.493 e. The molecule has 0 spiro atoms. The van der Waals surface area contributed by atoms with Crippen molar-refractivity contribution in [2.45, 2.75) is 13.0 Å². The van der Waals surface area contributed by atoms with Gasteiger partial charge in [-0.2, -0.15) is 0 Å². The van der Waals surface area contributed by atoms with Crippen molar-refractivity contribution in [3.63, 3.8) is 0 Å². The first-order valence-electron chi connectivity index (χ1n) is 4.75. The summed E-state index contributed by atoms with van der Waals surface area (Å²) in [5, 5.41) is 18.4. The molecule has 0 aliphatic heterocycles. The molecule has 1 aromatic rings. The molecule has 0 radical (unpaired) electrons. The highest BCUT2D eigenvalue weighted by Crippen LogP contribution is 2.41. The zero-order valence-electron chi connectivity index (χ0n) is 9.65. The maximum absolute atomic E-state index is 10.8. The van der Waals surface area contributed by atoms with E-state index >= 15 is 0 Å². The van der Waals surface area contributed by atoms with Crippen molar-refractivity contribution in [1.29, 1.82) is 0 Å². The van der Waals surface area contributed by atoms with E-state index in [2.05, 4.69) is 15.9 Å². The average molecular weight is 305 g/mol. The van der Waals surface area contributed by atoms with Gasteiger partial charge in [-0.05, 0) is 34.5 Å². The molecule has 0 fully saturated rings. The van der Waals surface area contributed by atoms with Crippen molar-refractivity contribution in [2.24, 2.45) is 0 Å². The topological polar surface area (TPSA) is 76.0 Å². The van der Waals surface area contributed by atoms with Crippen molar-refractivity contribution < 1.29 is 24.5 Å². The molecule has 0 bridgehead atoms. The van der Waals surface area contributed by atoms with Crippen LogP contribution in [0.5, 0.6) is 11.5 Å². The SMILES string of the molecule is COc1c(Br)cc(C(O)C(=O)O)c(C)c1OC. The van der Waals surface area contributed by atoms with E-state index in [1.54, 1.807) is 6.92 Å². The minimum absolute atomic E-state index is 0.266. The van der Waals surface area contributed by atoms with Gasteiger partial charge in [-0.3, -0.25) is 0 Å². The summed E-state index contributed by atoms with van der Waals surface area (Å²) in [6.07, 6.45) is -1.59. The second kappa shape index (κ2) is 5.37. The standard InChI is InChI=1S/C11H13BrO5/c1-5-6(8(13)11(14)15)4-7(12)10(17-3)9(5)16-2/h4,8,13H,1-3H3,(H,14,15). The van der Waals surface area contributed by atoms with Crippen molar-refractivity contribution in [2.75, 3.05) is 14.2 Å². The molecule has 0 amide bonds. The number of aliphatic hydroxyl groups excluding tert-OH is 1. The Bertz CT molecular complexity index is 444. The molecule has 94 valence electrons. The number of rotatable bonds is 4. The Morgan fingerprint density at radius 3 is 2.29 bits per heavy atom. The van der Waals surface area contributed by atoms with Gasteiger partial charge in [-0.1, -0.05) is 0 Å². The number of benzene rings is 1. The molecular formula is C11H13BrO5. The fraction of sp³-hybridized carbons (Fsp3) is 0.364. The van der Waals surface area contributed by atoms with Crippen LogP contribution in [-0.2, 0) is 4.79 Å². The van der Waals surface area contributed by atoms with Crippen LogP contribution in [0.3, 0.4) is 0 Å². The maximum Gasteiger partial charge on any atom is 0.337 e. The van der Waals surface area contributed by atoms with Crippen molar-refractivity contribution in [3.05, 3.63) is 21.7 Å². The van der Waals surface area contributed by atoms with Crippen LogP contribution in [0.1, 0.15) is 17.2 Å². The first kappa shape index (κ1) is 13.8. The van der Waals surface area contributed by atoms with E-state index in [9.17, 15) is 9.90 Å². The van der Waals surface area contributed by atoms with E-state index in [1.165, 1.54) is 20.3 Å². The fourth-order valence-corrected chi connectivity index (χ4v) is 2.16. The Morgan fingerprint density at radius 1 is 1.35 bits per heavy atom. The number of aliphatic carboxylic acids is 1. The summed E-state index contributed by atoms with van der Waals surface area (Å²) in [4.78, 5) is 10.8. The molecule has 17 heavy (non-hydrogen) atoms. The van der Waals surface area contributed by atoms with Crippen LogP contribution in [0, 0.1) is 6.92 Å². The highest BCUT2D eigenvalue weighted by atomic mass is 79.9. The number of ether oxygens (including phenoxy) is 2. The van der Waals surface area contributed by atoms with Crippen LogP contribution in [-0.4, -0.2) is 30.4 Å². The van der Waals surface area contributed by atoms with Gasteiger partial charge in [0.05, 0.1) is 18.7 Å². The third-order valence-electron chi connectivity index (χ3n) is 2.42. The van der Waals surface area contributed by atoms with E-state index in [-0.39, 0.29) is 5.56 Å². The van der Waals surface area contributed by atoms with Gasteiger partial charge in [0.15, 0.2) is 17.6 Å². The molecule has 1 rings (SSSR count). The van der Waals surface area contributed by atoms with E-state index in [4.69, 9.17) is 14.6 Å². The molecule has 0 aromatic heterocycles. The van der Waals surface area contributed by atoms with E-state index < -0.39 is 12.1 Å². The lowest BCUT2D eigenvalue weighted by molar-refractivity contribution is -0.147. The van der Waals surface area contributed by atoms with Crippen LogP contribution in [0.25, 0.3) is 0 Å². The molecule has 1 aromatic carbocycles. The molecule has 1 atom stereocenters. The lowest BCUT2D eigenvalue weighted by Gasteiger charge is -2.17. The second-order valence-corrected chi connectivity index (χ2v) is 4.23. The molecule has 0 aliphatic carbocycles. The normalized spacial score (nSPS) is 12.1. The zero-order chi connectivity index (χ0) is 13.2. The second-order valence-electron chi connectivity index (χ2n) is 3.38. The third kappa shape index (κ3) is 2.53. The minimum Gasteiger partial charge on any atom is -0.493 e. The number of carbonyl (C=O) groups is 1. The predicted octanol–water partition coefficient (Wildman–Crippen LogP) is 1.89. The number of aliphatic hydroxyl groups is 1. The summed E-state index contributed by atoms with van der Waals surface area (Å²) in [5.74, 6) is -0.448. The van der Waals surface area contributed by atoms with Gasteiger partial charge in [0, 0.05) is 5.56 Å². The minimum atomic E-state index is -1.59.